The summed E-state index contributed by atoms with van der Waals surface area (Å²) in [6, 6.07) is 2.87. The van der Waals surface area contributed by atoms with Gasteiger partial charge in [-0.3, -0.25) is 10.1 Å². The van der Waals surface area contributed by atoms with E-state index in [-0.39, 0.29) is 16.3 Å². The largest absolute Gasteiger partial charge is 0.324 e. The number of nitrogens with two attached hydrogens (primary N) is 1. The van der Waals surface area contributed by atoms with Crippen molar-refractivity contribution in [2.75, 3.05) is 0 Å². The lowest BCUT2D eigenvalue weighted by Crippen LogP contribution is -2.14. The van der Waals surface area contributed by atoms with Crippen molar-refractivity contribution < 1.29 is 13.7 Å². The number of rotatable bonds is 4. The Morgan fingerprint density at radius 2 is 2.12 bits per heavy atom. The van der Waals surface area contributed by atoms with Gasteiger partial charge < -0.3 is 5.73 Å². The van der Waals surface area contributed by atoms with E-state index in [0.717, 1.165) is 6.07 Å². The van der Waals surface area contributed by atoms with Gasteiger partial charge in [-0.25, -0.2) is 8.78 Å². The molecule has 0 heterocycles. The van der Waals surface area contributed by atoms with E-state index in [2.05, 4.69) is 0 Å². The Balaban J connectivity index is 2.98. The summed E-state index contributed by atoms with van der Waals surface area (Å²) in [6.07, 6.45) is -3.09. The van der Waals surface area contributed by atoms with Gasteiger partial charge in [-0.05, 0) is 11.6 Å². The molecular formula is C9H9ClF2N2O2. The molecule has 4 nitrogen and oxygen atoms in total. The van der Waals surface area contributed by atoms with Gasteiger partial charge in [0.1, 0.15) is 5.02 Å². The third kappa shape index (κ3) is 3.11. The maximum Gasteiger partial charge on any atom is 0.288 e. The van der Waals surface area contributed by atoms with Crippen LogP contribution in [0.25, 0.3) is 0 Å². The highest BCUT2D eigenvalue weighted by Gasteiger charge is 2.18. The fourth-order valence-corrected chi connectivity index (χ4v) is 1.41. The highest BCUT2D eigenvalue weighted by molar-refractivity contribution is 6.32. The maximum absolute atomic E-state index is 12.1. The minimum absolute atomic E-state index is 0.0435. The number of benzene rings is 1. The number of nitro benzene ring substituents is 1. The van der Waals surface area contributed by atoms with Gasteiger partial charge in [-0.1, -0.05) is 17.7 Å². The molecular weight excluding hydrogens is 242 g/mol. The lowest BCUT2D eigenvalue weighted by molar-refractivity contribution is -0.384. The summed E-state index contributed by atoms with van der Waals surface area (Å²) >= 11 is 5.57. The number of alkyl halides is 2. The normalized spacial score (nSPS) is 12.8. The van der Waals surface area contributed by atoms with E-state index in [1.54, 1.807) is 0 Å². The zero-order valence-electron chi connectivity index (χ0n) is 8.07. The zero-order valence-corrected chi connectivity index (χ0v) is 8.82. The van der Waals surface area contributed by atoms with Crippen LogP contribution in [0.2, 0.25) is 5.02 Å². The highest BCUT2D eigenvalue weighted by Crippen LogP contribution is 2.28. The Labute approximate surface area is 95.2 Å². The summed E-state index contributed by atoms with van der Waals surface area (Å²) in [5, 5.41) is 10.5. The molecule has 0 fully saturated rings. The molecule has 0 aliphatic carbocycles. The van der Waals surface area contributed by atoms with Crippen molar-refractivity contribution in [1.82, 2.24) is 0 Å². The van der Waals surface area contributed by atoms with Gasteiger partial charge in [0.25, 0.3) is 5.69 Å². The summed E-state index contributed by atoms with van der Waals surface area (Å²) < 4.78 is 24.1. The number of hydrogen-bond acceptors (Lipinski definition) is 3. The number of hydrogen-bond donors (Lipinski definition) is 1. The first-order valence-corrected chi connectivity index (χ1v) is 4.77. The molecule has 0 saturated carbocycles. The van der Waals surface area contributed by atoms with E-state index in [1.807, 2.05) is 0 Å². The molecule has 0 bridgehead atoms. The number of nitro groups is 1. The first-order chi connectivity index (χ1) is 7.41. The average Bonchev–Trinajstić information content (AvgIpc) is 2.16. The Bertz CT molecular complexity index is 401. The van der Waals surface area contributed by atoms with Crippen LogP contribution >= 0.6 is 11.6 Å². The summed E-state index contributed by atoms with van der Waals surface area (Å²) in [4.78, 5) is 9.87. The molecule has 1 atom stereocenters. The fourth-order valence-electron chi connectivity index (χ4n) is 1.23. The Kier molecular flexibility index (Phi) is 4.14. The number of nitrogens with zero attached hydrogens (tertiary/aromatic N) is 1. The van der Waals surface area contributed by atoms with Crippen molar-refractivity contribution in [3.63, 3.8) is 0 Å². The van der Waals surface area contributed by atoms with Crippen LogP contribution in [0, 0.1) is 10.1 Å². The highest BCUT2D eigenvalue weighted by atomic mass is 35.5. The lowest BCUT2D eigenvalue weighted by Gasteiger charge is -2.11. The van der Waals surface area contributed by atoms with E-state index in [9.17, 15) is 18.9 Å². The van der Waals surface area contributed by atoms with Gasteiger partial charge in [0.2, 0.25) is 6.43 Å². The molecule has 2 N–H and O–H groups in total. The summed E-state index contributed by atoms with van der Waals surface area (Å²) in [6.45, 7) is 0. The minimum Gasteiger partial charge on any atom is -0.324 e. The molecule has 1 aromatic rings. The number of halogens is 3. The van der Waals surface area contributed by atoms with E-state index in [4.69, 9.17) is 17.3 Å². The zero-order chi connectivity index (χ0) is 12.3. The third-order valence-corrected chi connectivity index (χ3v) is 2.35. The summed E-state index contributed by atoms with van der Waals surface area (Å²) in [7, 11) is 0. The second-order valence-corrected chi connectivity index (χ2v) is 3.61. The minimum atomic E-state index is -2.55. The van der Waals surface area contributed by atoms with Gasteiger partial charge in [0.05, 0.1) is 4.92 Å². The molecule has 0 saturated heterocycles. The molecule has 1 rings (SSSR count). The average molecular weight is 251 g/mol. The van der Waals surface area contributed by atoms with Crippen molar-refractivity contribution in [2.45, 2.75) is 18.9 Å². The first-order valence-electron chi connectivity index (χ1n) is 4.39. The summed E-state index contributed by atoms with van der Waals surface area (Å²) in [5.74, 6) is 0. The van der Waals surface area contributed by atoms with Crippen molar-refractivity contribution >= 4 is 17.3 Å². The first kappa shape index (κ1) is 12.8. The molecule has 16 heavy (non-hydrogen) atoms. The molecule has 0 aromatic heterocycles. The van der Waals surface area contributed by atoms with Crippen LogP contribution < -0.4 is 5.73 Å². The fraction of sp³-hybridized carbons (Fsp3) is 0.333. The Hall–Kier alpha value is -1.27. The molecule has 1 aromatic carbocycles. The predicted octanol–water partition coefficient (Wildman–Crippen LogP) is 2.90. The second kappa shape index (κ2) is 5.18. The quantitative estimate of drug-likeness (QED) is 0.660. The molecule has 0 spiro atoms. The SMILES string of the molecule is N[C@H](CC(F)F)c1ccc(Cl)c([N+](=O)[O-])c1. The van der Waals surface area contributed by atoms with E-state index < -0.39 is 23.8 Å². The van der Waals surface area contributed by atoms with Crippen LogP contribution in [0.15, 0.2) is 18.2 Å². The van der Waals surface area contributed by atoms with Gasteiger partial charge in [-0.2, -0.15) is 0 Å². The molecule has 0 aliphatic rings. The van der Waals surface area contributed by atoms with Crippen LogP contribution in [0.1, 0.15) is 18.0 Å². The van der Waals surface area contributed by atoms with E-state index in [1.165, 1.54) is 12.1 Å². The monoisotopic (exact) mass is 250 g/mol. The molecule has 0 amide bonds. The smallest absolute Gasteiger partial charge is 0.288 e. The molecule has 0 unspecified atom stereocenters. The standard InChI is InChI=1S/C9H9ClF2N2O2/c10-6-2-1-5(3-8(6)14(15)16)7(13)4-9(11)12/h1-3,7,9H,4,13H2/t7-/m1/s1. The molecule has 88 valence electrons. The maximum atomic E-state index is 12.1. The van der Waals surface area contributed by atoms with Crippen LogP contribution in [-0.4, -0.2) is 11.3 Å². The predicted molar refractivity (Wildman–Crippen MR) is 55.7 cm³/mol. The molecule has 0 aliphatic heterocycles. The van der Waals surface area contributed by atoms with Gasteiger partial charge in [0.15, 0.2) is 0 Å². The van der Waals surface area contributed by atoms with Crippen LogP contribution in [0.3, 0.4) is 0 Å². The van der Waals surface area contributed by atoms with Gasteiger partial charge >= 0.3 is 0 Å². The van der Waals surface area contributed by atoms with E-state index >= 15 is 0 Å². The van der Waals surface area contributed by atoms with Gasteiger partial charge in [-0.15, -0.1) is 0 Å². The third-order valence-electron chi connectivity index (χ3n) is 2.03. The van der Waals surface area contributed by atoms with E-state index in [0.29, 0.717) is 0 Å². The van der Waals surface area contributed by atoms with Crippen molar-refractivity contribution in [3.05, 3.63) is 38.9 Å². The topological polar surface area (TPSA) is 69.2 Å². The Morgan fingerprint density at radius 3 is 2.62 bits per heavy atom. The van der Waals surface area contributed by atoms with Crippen LogP contribution in [-0.2, 0) is 0 Å². The van der Waals surface area contributed by atoms with Gasteiger partial charge in [0, 0.05) is 18.5 Å². The second-order valence-electron chi connectivity index (χ2n) is 3.20. The van der Waals surface area contributed by atoms with Crippen molar-refractivity contribution in [3.8, 4) is 0 Å². The molecule has 0 radical (unpaired) electrons. The van der Waals surface area contributed by atoms with Crippen LogP contribution in [0.4, 0.5) is 14.5 Å². The van der Waals surface area contributed by atoms with Crippen molar-refractivity contribution in [1.29, 1.82) is 0 Å². The molecule has 7 heteroatoms. The van der Waals surface area contributed by atoms with Crippen molar-refractivity contribution in [2.24, 2.45) is 5.73 Å². The lowest BCUT2D eigenvalue weighted by atomic mass is 10.0. The summed E-state index contributed by atoms with van der Waals surface area (Å²) in [5.41, 5.74) is 5.41. The Morgan fingerprint density at radius 1 is 1.50 bits per heavy atom. The van der Waals surface area contributed by atoms with Crippen LogP contribution in [0.5, 0.6) is 0 Å².